The number of para-hydroxylation sites is 1. The summed E-state index contributed by atoms with van der Waals surface area (Å²) >= 11 is 0. The molecule has 0 bridgehead atoms. The number of hydrogen-bond acceptors (Lipinski definition) is 5. The van der Waals surface area contributed by atoms with Crippen molar-refractivity contribution in [1.82, 2.24) is 10.1 Å². The van der Waals surface area contributed by atoms with E-state index in [4.69, 9.17) is 9.63 Å². The van der Waals surface area contributed by atoms with Crippen molar-refractivity contribution in [2.45, 2.75) is 19.9 Å². The van der Waals surface area contributed by atoms with E-state index in [1.54, 1.807) is 0 Å². The monoisotopic (exact) mass is 261 g/mol. The van der Waals surface area contributed by atoms with Crippen molar-refractivity contribution in [3.8, 4) is 0 Å². The van der Waals surface area contributed by atoms with E-state index in [2.05, 4.69) is 10.1 Å². The molecule has 0 aliphatic rings. The number of aromatic nitrogens is 2. The Labute approximate surface area is 110 Å². The highest BCUT2D eigenvalue weighted by Crippen LogP contribution is 2.21. The predicted octanol–water partition coefficient (Wildman–Crippen LogP) is 1.86. The van der Waals surface area contributed by atoms with Crippen molar-refractivity contribution in [2.24, 2.45) is 0 Å². The number of carboxylic acid groups (broad SMARTS) is 1. The molecular weight excluding hydrogens is 246 g/mol. The van der Waals surface area contributed by atoms with Gasteiger partial charge < -0.3 is 14.5 Å². The number of nitrogens with zero attached hydrogens (tertiary/aromatic N) is 3. The quantitative estimate of drug-likeness (QED) is 0.855. The summed E-state index contributed by atoms with van der Waals surface area (Å²) in [6, 6.07) is 7.80. The van der Waals surface area contributed by atoms with E-state index >= 15 is 0 Å². The van der Waals surface area contributed by atoms with Crippen LogP contribution in [0.1, 0.15) is 17.9 Å². The first-order valence-corrected chi connectivity index (χ1v) is 5.94. The predicted molar refractivity (Wildman–Crippen MR) is 68.8 cm³/mol. The van der Waals surface area contributed by atoms with Crippen LogP contribution in [-0.4, -0.2) is 27.8 Å². The number of anilines is 1. The third-order valence-corrected chi connectivity index (χ3v) is 2.78. The lowest BCUT2D eigenvalue weighted by molar-refractivity contribution is -0.136. The van der Waals surface area contributed by atoms with Crippen LogP contribution in [0.4, 0.5) is 5.69 Å². The van der Waals surface area contributed by atoms with Gasteiger partial charge in [-0.3, -0.25) is 4.79 Å². The van der Waals surface area contributed by atoms with E-state index in [0.717, 1.165) is 11.3 Å². The van der Waals surface area contributed by atoms with Crippen LogP contribution < -0.4 is 4.90 Å². The van der Waals surface area contributed by atoms with Gasteiger partial charge in [-0.1, -0.05) is 23.4 Å². The highest BCUT2D eigenvalue weighted by atomic mass is 16.5. The maximum absolute atomic E-state index is 10.7. The first-order chi connectivity index (χ1) is 9.16. The van der Waals surface area contributed by atoms with Gasteiger partial charge in [-0.15, -0.1) is 0 Å². The van der Waals surface area contributed by atoms with Crippen LogP contribution in [0.3, 0.4) is 0 Å². The lowest BCUT2D eigenvalue weighted by atomic mass is 10.1. The minimum absolute atomic E-state index is 0.0580. The first kappa shape index (κ1) is 13.1. The molecule has 0 aliphatic carbocycles. The molecule has 19 heavy (non-hydrogen) atoms. The number of benzene rings is 1. The standard InChI is InChI=1S/C13H15N3O3/c1-10-4-2-3-5-11(10)16(7-6-13(17)18)8-12-14-9-15-19-12/h2-5,9H,6-8H2,1H3,(H,17,18). The van der Waals surface area contributed by atoms with Gasteiger partial charge in [-0.2, -0.15) is 4.98 Å². The normalized spacial score (nSPS) is 10.4. The van der Waals surface area contributed by atoms with Crippen LogP contribution in [0.5, 0.6) is 0 Å². The number of carbonyl (C=O) groups is 1. The van der Waals surface area contributed by atoms with Gasteiger partial charge in [0.15, 0.2) is 6.33 Å². The molecule has 1 heterocycles. The van der Waals surface area contributed by atoms with Gasteiger partial charge in [0.05, 0.1) is 13.0 Å². The zero-order valence-corrected chi connectivity index (χ0v) is 10.6. The molecule has 6 nitrogen and oxygen atoms in total. The van der Waals surface area contributed by atoms with Gasteiger partial charge in [0.2, 0.25) is 5.89 Å². The maximum atomic E-state index is 10.7. The van der Waals surface area contributed by atoms with E-state index in [9.17, 15) is 4.79 Å². The fourth-order valence-electron chi connectivity index (χ4n) is 1.86. The molecular formula is C13H15N3O3. The highest BCUT2D eigenvalue weighted by molar-refractivity contribution is 5.68. The van der Waals surface area contributed by atoms with Gasteiger partial charge in [0.25, 0.3) is 0 Å². The summed E-state index contributed by atoms with van der Waals surface area (Å²) in [6.07, 6.45) is 1.39. The Morgan fingerprint density at radius 3 is 2.84 bits per heavy atom. The third kappa shape index (κ3) is 3.54. The highest BCUT2D eigenvalue weighted by Gasteiger charge is 2.13. The lowest BCUT2D eigenvalue weighted by Crippen LogP contribution is -2.26. The molecule has 1 aromatic heterocycles. The molecule has 1 aromatic carbocycles. The summed E-state index contributed by atoms with van der Waals surface area (Å²) in [7, 11) is 0. The molecule has 0 aliphatic heterocycles. The van der Waals surface area contributed by atoms with Crippen molar-refractivity contribution < 1.29 is 14.4 Å². The second-order valence-electron chi connectivity index (χ2n) is 4.19. The maximum Gasteiger partial charge on any atom is 0.305 e. The Bertz CT molecular complexity index is 540. The van der Waals surface area contributed by atoms with Gasteiger partial charge in [-0.25, -0.2) is 0 Å². The summed E-state index contributed by atoms with van der Waals surface area (Å²) in [5.41, 5.74) is 2.05. The van der Waals surface area contributed by atoms with Crippen LogP contribution in [0.15, 0.2) is 35.1 Å². The van der Waals surface area contributed by atoms with Crippen LogP contribution in [0.2, 0.25) is 0 Å². The van der Waals surface area contributed by atoms with Crippen molar-refractivity contribution in [1.29, 1.82) is 0 Å². The van der Waals surface area contributed by atoms with E-state index in [0.29, 0.717) is 19.0 Å². The van der Waals surface area contributed by atoms with E-state index in [-0.39, 0.29) is 6.42 Å². The van der Waals surface area contributed by atoms with Gasteiger partial charge in [-0.05, 0) is 18.6 Å². The molecule has 2 rings (SSSR count). The van der Waals surface area contributed by atoms with Crippen molar-refractivity contribution in [3.63, 3.8) is 0 Å². The smallest absolute Gasteiger partial charge is 0.305 e. The fourth-order valence-corrected chi connectivity index (χ4v) is 1.86. The van der Waals surface area contributed by atoms with Gasteiger partial charge in [0, 0.05) is 12.2 Å². The van der Waals surface area contributed by atoms with Crippen molar-refractivity contribution >= 4 is 11.7 Å². The number of carboxylic acids is 1. The summed E-state index contributed by atoms with van der Waals surface area (Å²) in [6.45, 7) is 2.78. The van der Waals surface area contributed by atoms with Gasteiger partial charge >= 0.3 is 5.97 Å². The van der Waals surface area contributed by atoms with Gasteiger partial charge in [0.1, 0.15) is 0 Å². The van der Waals surface area contributed by atoms with Crippen LogP contribution in [0, 0.1) is 6.92 Å². The topological polar surface area (TPSA) is 79.5 Å². The summed E-state index contributed by atoms with van der Waals surface area (Å²) in [4.78, 5) is 16.6. The minimum atomic E-state index is -0.830. The van der Waals surface area contributed by atoms with Crippen LogP contribution in [0.25, 0.3) is 0 Å². The molecule has 2 aromatic rings. The SMILES string of the molecule is Cc1ccccc1N(CCC(=O)O)Cc1ncno1. The molecule has 0 radical (unpaired) electrons. The Morgan fingerprint density at radius 2 is 2.21 bits per heavy atom. The first-order valence-electron chi connectivity index (χ1n) is 5.94. The second-order valence-corrected chi connectivity index (χ2v) is 4.19. The Kier molecular flexibility index (Phi) is 4.12. The summed E-state index contributed by atoms with van der Waals surface area (Å²) in [5.74, 6) is -0.363. The van der Waals surface area contributed by atoms with Crippen molar-refractivity contribution in [3.05, 3.63) is 42.0 Å². The molecule has 0 fully saturated rings. The zero-order valence-electron chi connectivity index (χ0n) is 10.6. The third-order valence-electron chi connectivity index (χ3n) is 2.78. The molecule has 0 saturated heterocycles. The largest absolute Gasteiger partial charge is 0.481 e. The summed E-state index contributed by atoms with van der Waals surface area (Å²) < 4.78 is 4.98. The molecule has 0 amide bonds. The molecule has 100 valence electrons. The number of rotatable bonds is 6. The van der Waals surface area contributed by atoms with Crippen LogP contribution >= 0.6 is 0 Å². The molecule has 6 heteroatoms. The molecule has 0 atom stereocenters. The average molecular weight is 261 g/mol. The Morgan fingerprint density at radius 1 is 1.42 bits per heavy atom. The average Bonchev–Trinajstić information content (AvgIpc) is 2.88. The molecule has 0 saturated carbocycles. The number of aryl methyl sites for hydroxylation is 1. The van der Waals surface area contributed by atoms with E-state index in [1.807, 2.05) is 36.1 Å². The Hall–Kier alpha value is -2.37. The molecule has 0 unspecified atom stereocenters. The summed E-state index contributed by atoms with van der Waals surface area (Å²) in [5, 5.41) is 12.4. The molecule has 1 N–H and O–H groups in total. The number of hydrogen-bond donors (Lipinski definition) is 1. The zero-order chi connectivity index (χ0) is 13.7. The lowest BCUT2D eigenvalue weighted by Gasteiger charge is -2.24. The fraction of sp³-hybridized carbons (Fsp3) is 0.308. The van der Waals surface area contributed by atoms with E-state index < -0.39 is 5.97 Å². The minimum Gasteiger partial charge on any atom is -0.481 e. The van der Waals surface area contributed by atoms with E-state index in [1.165, 1.54) is 6.33 Å². The molecule has 0 spiro atoms. The second kappa shape index (κ2) is 5.99. The van der Waals surface area contributed by atoms with Crippen LogP contribution in [-0.2, 0) is 11.3 Å². The Balaban J connectivity index is 2.18. The number of aliphatic carboxylic acids is 1. The van der Waals surface area contributed by atoms with Crippen molar-refractivity contribution in [2.75, 3.05) is 11.4 Å².